The minimum Gasteiger partial charge on any atom is -0.490 e. The number of fused-ring (bicyclic) bond motifs is 2. The number of anilines is 2. The number of carbonyl (C=O) groups excluding carboxylic acids is 1. The largest absolute Gasteiger partial charge is 0.490 e. The average Bonchev–Trinajstić information content (AvgIpc) is 3.50. The Bertz CT molecular complexity index is 1640. The minimum absolute atomic E-state index is 0.0329. The van der Waals surface area contributed by atoms with Crippen LogP contribution in [0, 0.1) is 5.92 Å². The number of methoxy groups -OCH3 is 1. The molecular formula is C34H40N4O6Si. The van der Waals surface area contributed by atoms with Crippen LogP contribution < -0.4 is 14.4 Å². The molecule has 0 fully saturated rings. The van der Waals surface area contributed by atoms with Gasteiger partial charge in [0.05, 0.1) is 30.0 Å². The molecule has 3 aromatic carbocycles. The molecule has 236 valence electrons. The molecule has 11 heteroatoms. The Kier molecular flexibility index (Phi) is 8.78. The lowest BCUT2D eigenvalue weighted by molar-refractivity contribution is -0.120. The zero-order valence-electron chi connectivity index (χ0n) is 26.0. The highest BCUT2D eigenvalue weighted by Crippen LogP contribution is 2.48. The van der Waals surface area contributed by atoms with Gasteiger partial charge in [0, 0.05) is 42.6 Å². The third-order valence-electron chi connectivity index (χ3n) is 9.05. The SMILES string of the molecule is CO[C@H]1c2cc(N3C(=O)COc4ccccc43)ccc2O[C@@H](C(CCn2cc(C(CO)c3ccccc3)nn2)[Si](C)(C)O)[C@@H]1C. The van der Waals surface area contributed by atoms with E-state index in [4.69, 9.17) is 14.2 Å². The van der Waals surface area contributed by atoms with Crippen LogP contribution in [0.25, 0.3) is 0 Å². The second kappa shape index (κ2) is 12.8. The summed E-state index contributed by atoms with van der Waals surface area (Å²) in [4.78, 5) is 26.2. The van der Waals surface area contributed by atoms with E-state index in [0.29, 0.717) is 35.8 Å². The fourth-order valence-corrected chi connectivity index (χ4v) is 8.73. The Morgan fingerprint density at radius 2 is 1.82 bits per heavy atom. The molecule has 2 aliphatic heterocycles. The molecule has 1 aromatic heterocycles. The molecule has 45 heavy (non-hydrogen) atoms. The quantitative estimate of drug-likeness (QED) is 0.230. The lowest BCUT2D eigenvalue weighted by Gasteiger charge is -2.44. The zero-order valence-corrected chi connectivity index (χ0v) is 27.0. The molecule has 0 aliphatic carbocycles. The molecule has 0 radical (unpaired) electrons. The van der Waals surface area contributed by atoms with Crippen molar-refractivity contribution in [1.82, 2.24) is 15.0 Å². The highest BCUT2D eigenvalue weighted by Gasteiger charge is 2.46. The first-order chi connectivity index (χ1) is 21.7. The van der Waals surface area contributed by atoms with Crippen LogP contribution in [0.1, 0.15) is 42.2 Å². The number of carbonyl (C=O) groups is 1. The van der Waals surface area contributed by atoms with Gasteiger partial charge in [-0.2, -0.15) is 0 Å². The van der Waals surface area contributed by atoms with Crippen LogP contribution in [0.4, 0.5) is 11.4 Å². The van der Waals surface area contributed by atoms with Gasteiger partial charge in [-0.1, -0.05) is 54.6 Å². The van der Waals surface area contributed by atoms with Crippen molar-refractivity contribution in [1.29, 1.82) is 0 Å². The normalized spacial score (nSPS) is 20.9. The molecule has 6 rings (SSSR count). The number of benzene rings is 3. The molecule has 0 saturated carbocycles. The van der Waals surface area contributed by atoms with Crippen LogP contribution in [0.2, 0.25) is 18.6 Å². The molecular weight excluding hydrogens is 588 g/mol. The average molecular weight is 629 g/mol. The number of amides is 1. The second-order valence-electron chi connectivity index (χ2n) is 12.4. The van der Waals surface area contributed by atoms with E-state index in [0.717, 1.165) is 16.8 Å². The molecule has 10 nitrogen and oxygen atoms in total. The maximum Gasteiger partial charge on any atom is 0.269 e. The fourth-order valence-electron chi connectivity index (χ4n) is 6.72. The summed E-state index contributed by atoms with van der Waals surface area (Å²) in [6.07, 6.45) is 1.90. The third-order valence-corrected chi connectivity index (χ3v) is 11.5. The van der Waals surface area contributed by atoms with Gasteiger partial charge in [-0.15, -0.1) is 5.10 Å². The number of aromatic nitrogens is 3. The maximum absolute atomic E-state index is 13.0. The van der Waals surface area contributed by atoms with E-state index < -0.39 is 8.32 Å². The first-order valence-corrected chi connectivity index (χ1v) is 18.4. The van der Waals surface area contributed by atoms with Gasteiger partial charge in [0.15, 0.2) is 14.9 Å². The van der Waals surface area contributed by atoms with Gasteiger partial charge in [-0.05, 0) is 55.4 Å². The Morgan fingerprint density at radius 1 is 1.07 bits per heavy atom. The number of aliphatic hydroxyl groups is 1. The van der Waals surface area contributed by atoms with Gasteiger partial charge in [-0.25, -0.2) is 0 Å². The monoisotopic (exact) mass is 628 g/mol. The lowest BCUT2D eigenvalue weighted by atomic mass is 9.86. The van der Waals surface area contributed by atoms with Crippen LogP contribution >= 0.6 is 0 Å². The van der Waals surface area contributed by atoms with Crippen molar-refractivity contribution in [2.24, 2.45) is 5.92 Å². The number of hydrogen-bond donors (Lipinski definition) is 2. The van der Waals surface area contributed by atoms with Gasteiger partial charge in [0.25, 0.3) is 5.91 Å². The van der Waals surface area contributed by atoms with Gasteiger partial charge >= 0.3 is 0 Å². The van der Waals surface area contributed by atoms with E-state index in [2.05, 4.69) is 17.2 Å². The first kappa shape index (κ1) is 31.0. The van der Waals surface area contributed by atoms with Crippen molar-refractivity contribution in [3.63, 3.8) is 0 Å². The molecule has 0 bridgehead atoms. The molecule has 2 N–H and O–H groups in total. The summed E-state index contributed by atoms with van der Waals surface area (Å²) >= 11 is 0. The number of hydrogen-bond acceptors (Lipinski definition) is 8. The maximum atomic E-state index is 13.0. The van der Waals surface area contributed by atoms with E-state index in [9.17, 15) is 14.7 Å². The highest BCUT2D eigenvalue weighted by atomic mass is 28.4. The highest BCUT2D eigenvalue weighted by molar-refractivity contribution is 6.71. The predicted octanol–water partition coefficient (Wildman–Crippen LogP) is 5.20. The van der Waals surface area contributed by atoms with Gasteiger partial charge in [-0.3, -0.25) is 14.4 Å². The summed E-state index contributed by atoms with van der Waals surface area (Å²) in [5, 5.41) is 18.8. The number of para-hydroxylation sites is 2. The van der Waals surface area contributed by atoms with Crippen molar-refractivity contribution < 1.29 is 28.9 Å². The second-order valence-corrected chi connectivity index (χ2v) is 16.5. The Balaban J connectivity index is 1.24. The number of ether oxygens (including phenoxy) is 3. The van der Waals surface area contributed by atoms with Crippen molar-refractivity contribution in [3.05, 3.63) is 95.8 Å². The van der Waals surface area contributed by atoms with Gasteiger partial charge in [0.2, 0.25) is 0 Å². The van der Waals surface area contributed by atoms with Crippen molar-refractivity contribution in [3.8, 4) is 11.5 Å². The summed E-state index contributed by atoms with van der Waals surface area (Å²) in [5.41, 5.74) is 3.83. The molecule has 0 saturated heterocycles. The molecule has 4 aromatic rings. The van der Waals surface area contributed by atoms with E-state index >= 15 is 0 Å². The van der Waals surface area contributed by atoms with Crippen molar-refractivity contribution in [2.75, 3.05) is 25.2 Å². The van der Waals surface area contributed by atoms with Crippen LogP contribution in [-0.2, 0) is 16.1 Å². The Morgan fingerprint density at radius 3 is 2.56 bits per heavy atom. The standard InChI is InChI=1S/C34H40N4O6Si/c1-22-33(42-2)25-18-24(38-28-12-8-9-13-30(28)43-21-32(38)40)14-15-29(25)44-34(22)31(45(3,4)41)16-17-37-19-27(35-36-37)26(20-39)23-10-6-5-7-11-23/h5-15,18-19,22,26,31,33-34,39,41H,16-17,20-21H2,1-4H3/t22-,26?,31?,33-,34-/m1/s1. The molecule has 5 atom stereocenters. The third kappa shape index (κ3) is 6.13. The lowest BCUT2D eigenvalue weighted by Crippen LogP contribution is -2.48. The summed E-state index contributed by atoms with van der Waals surface area (Å²) in [6.45, 7) is 6.42. The van der Waals surface area contributed by atoms with Crippen molar-refractivity contribution in [2.45, 2.75) is 56.7 Å². The zero-order chi connectivity index (χ0) is 31.7. The van der Waals surface area contributed by atoms with E-state index in [1.54, 1.807) is 16.7 Å². The van der Waals surface area contributed by atoms with Crippen LogP contribution in [0.5, 0.6) is 11.5 Å². The molecule has 2 aliphatic rings. The predicted molar refractivity (Wildman–Crippen MR) is 172 cm³/mol. The number of nitrogens with zero attached hydrogens (tertiary/aromatic N) is 4. The number of aliphatic hydroxyl groups excluding tert-OH is 1. The molecule has 3 heterocycles. The summed E-state index contributed by atoms with van der Waals surface area (Å²) in [7, 11) is -1.06. The van der Waals surface area contributed by atoms with Crippen LogP contribution in [0.15, 0.2) is 79.0 Å². The number of aryl methyl sites for hydroxylation is 1. The summed E-state index contributed by atoms with van der Waals surface area (Å²) in [6, 6.07) is 23.0. The fraction of sp³-hybridized carbons (Fsp3) is 0.382. The van der Waals surface area contributed by atoms with E-state index in [1.165, 1.54) is 0 Å². The Hall–Kier alpha value is -4.03. The first-order valence-electron chi connectivity index (χ1n) is 15.4. The van der Waals surface area contributed by atoms with Crippen LogP contribution in [-0.4, -0.2) is 65.5 Å². The van der Waals surface area contributed by atoms with Crippen molar-refractivity contribution >= 4 is 25.6 Å². The molecule has 1 amide bonds. The van der Waals surface area contributed by atoms with Gasteiger partial charge < -0.3 is 24.1 Å². The molecule has 2 unspecified atom stereocenters. The molecule has 0 spiro atoms. The summed E-state index contributed by atoms with van der Waals surface area (Å²) < 4.78 is 20.2. The van der Waals surface area contributed by atoms with Crippen LogP contribution in [0.3, 0.4) is 0 Å². The van der Waals surface area contributed by atoms with E-state index in [-0.39, 0.29) is 48.7 Å². The topological polar surface area (TPSA) is 119 Å². The Labute approximate surface area is 264 Å². The van der Waals surface area contributed by atoms with Gasteiger partial charge in [0.1, 0.15) is 17.6 Å². The summed E-state index contributed by atoms with van der Waals surface area (Å²) in [5.74, 6) is 0.849. The minimum atomic E-state index is -2.74. The van der Waals surface area contributed by atoms with E-state index in [1.807, 2.05) is 92.1 Å². The smallest absolute Gasteiger partial charge is 0.269 e. The number of rotatable bonds is 10.